The van der Waals surface area contributed by atoms with Crippen LogP contribution in [0.2, 0.25) is 0 Å². The van der Waals surface area contributed by atoms with Crippen molar-refractivity contribution in [3.8, 4) is 5.75 Å². The number of carbonyl (C=O) groups is 2. The molecular formula is C18H24N2O3. The molecule has 0 saturated carbocycles. The minimum absolute atomic E-state index is 0.0277. The van der Waals surface area contributed by atoms with Gasteiger partial charge in [-0.2, -0.15) is 0 Å². The lowest BCUT2D eigenvalue weighted by molar-refractivity contribution is -0.130. The van der Waals surface area contributed by atoms with Gasteiger partial charge in [-0.05, 0) is 32.9 Å². The second kappa shape index (κ2) is 7.31. The van der Waals surface area contributed by atoms with Crippen molar-refractivity contribution in [2.75, 3.05) is 24.5 Å². The summed E-state index contributed by atoms with van der Waals surface area (Å²) in [7, 11) is 0. The number of ether oxygens (including phenoxy) is 1. The molecule has 0 aromatic heterocycles. The molecule has 0 spiro atoms. The minimum Gasteiger partial charge on any atom is -0.479 e. The first kappa shape index (κ1) is 17.1. The van der Waals surface area contributed by atoms with Gasteiger partial charge in [-0.25, -0.2) is 0 Å². The zero-order valence-corrected chi connectivity index (χ0v) is 14.0. The van der Waals surface area contributed by atoms with Crippen molar-refractivity contribution in [3.63, 3.8) is 0 Å². The van der Waals surface area contributed by atoms with E-state index in [2.05, 4.69) is 6.58 Å². The maximum Gasteiger partial charge on any atom is 0.267 e. The Bertz CT molecular complexity index is 612. The molecule has 5 nitrogen and oxygen atoms in total. The molecule has 2 rings (SSSR count). The van der Waals surface area contributed by atoms with Crippen molar-refractivity contribution in [1.82, 2.24) is 4.90 Å². The Morgan fingerprint density at radius 2 is 2.09 bits per heavy atom. The summed E-state index contributed by atoms with van der Waals surface area (Å²) in [4.78, 5) is 28.1. The Hall–Kier alpha value is -2.30. The molecule has 23 heavy (non-hydrogen) atoms. The second-order valence-corrected chi connectivity index (χ2v) is 5.83. The summed E-state index contributed by atoms with van der Waals surface area (Å²) in [5, 5.41) is 0. The Labute approximate surface area is 137 Å². The van der Waals surface area contributed by atoms with Crippen LogP contribution in [0.15, 0.2) is 36.4 Å². The first-order chi connectivity index (χ1) is 10.9. The van der Waals surface area contributed by atoms with Crippen LogP contribution in [0.1, 0.15) is 27.2 Å². The SMILES string of the molecule is C=C(C)CN(CC)C(=O)CCN1C(=O)C(C)Oc2ccccc21. The third-order valence-electron chi connectivity index (χ3n) is 3.82. The highest BCUT2D eigenvalue weighted by atomic mass is 16.5. The van der Waals surface area contributed by atoms with E-state index in [0.717, 1.165) is 11.3 Å². The smallest absolute Gasteiger partial charge is 0.267 e. The number of nitrogens with zero attached hydrogens (tertiary/aromatic N) is 2. The van der Waals surface area contributed by atoms with Gasteiger partial charge in [0.15, 0.2) is 6.10 Å². The summed E-state index contributed by atoms with van der Waals surface area (Å²) in [6.45, 7) is 11.0. The van der Waals surface area contributed by atoms with Crippen LogP contribution < -0.4 is 9.64 Å². The Morgan fingerprint density at radius 3 is 2.74 bits per heavy atom. The van der Waals surface area contributed by atoms with Crippen LogP contribution in [0.4, 0.5) is 5.69 Å². The van der Waals surface area contributed by atoms with Gasteiger partial charge in [0, 0.05) is 26.1 Å². The highest BCUT2D eigenvalue weighted by Gasteiger charge is 2.31. The number of rotatable bonds is 6. The molecule has 1 aromatic carbocycles. The number of amides is 2. The van der Waals surface area contributed by atoms with Crippen LogP contribution in [-0.4, -0.2) is 42.5 Å². The molecule has 0 fully saturated rings. The summed E-state index contributed by atoms with van der Waals surface area (Å²) >= 11 is 0. The van der Waals surface area contributed by atoms with Crippen LogP contribution >= 0.6 is 0 Å². The molecule has 1 unspecified atom stereocenters. The van der Waals surface area contributed by atoms with E-state index in [0.29, 0.717) is 25.4 Å². The van der Waals surface area contributed by atoms with Gasteiger partial charge in [-0.3, -0.25) is 9.59 Å². The predicted octanol–water partition coefficient (Wildman–Crippen LogP) is 2.62. The zero-order valence-electron chi connectivity index (χ0n) is 14.0. The van der Waals surface area contributed by atoms with E-state index in [1.54, 1.807) is 16.7 Å². The van der Waals surface area contributed by atoms with Crippen molar-refractivity contribution >= 4 is 17.5 Å². The van der Waals surface area contributed by atoms with Crippen molar-refractivity contribution < 1.29 is 14.3 Å². The number of anilines is 1. The normalized spacial score (nSPS) is 16.6. The number of fused-ring (bicyclic) bond motifs is 1. The number of likely N-dealkylation sites (N-methyl/N-ethyl adjacent to an activating group) is 1. The fourth-order valence-corrected chi connectivity index (χ4v) is 2.66. The fraction of sp³-hybridized carbons (Fsp3) is 0.444. The quantitative estimate of drug-likeness (QED) is 0.758. The molecule has 5 heteroatoms. The lowest BCUT2D eigenvalue weighted by Gasteiger charge is -2.33. The lowest BCUT2D eigenvalue weighted by atomic mass is 10.1. The molecule has 0 saturated heterocycles. The predicted molar refractivity (Wildman–Crippen MR) is 90.6 cm³/mol. The number of hydrogen-bond acceptors (Lipinski definition) is 3. The van der Waals surface area contributed by atoms with E-state index in [4.69, 9.17) is 4.74 Å². The van der Waals surface area contributed by atoms with Gasteiger partial charge in [0.25, 0.3) is 5.91 Å². The monoisotopic (exact) mass is 316 g/mol. The third-order valence-corrected chi connectivity index (χ3v) is 3.82. The van der Waals surface area contributed by atoms with Crippen LogP contribution in [0.3, 0.4) is 0 Å². The molecule has 1 heterocycles. The van der Waals surface area contributed by atoms with Crippen molar-refractivity contribution in [1.29, 1.82) is 0 Å². The van der Waals surface area contributed by atoms with Gasteiger partial charge < -0.3 is 14.5 Å². The maximum atomic E-state index is 12.4. The third kappa shape index (κ3) is 3.92. The molecule has 1 atom stereocenters. The molecule has 1 aliphatic heterocycles. The number of para-hydroxylation sites is 2. The van der Waals surface area contributed by atoms with Gasteiger partial charge in [0.05, 0.1) is 5.69 Å². The average Bonchev–Trinajstić information content (AvgIpc) is 2.52. The van der Waals surface area contributed by atoms with Crippen LogP contribution in [0.5, 0.6) is 5.75 Å². The van der Waals surface area contributed by atoms with E-state index in [1.807, 2.05) is 38.1 Å². The molecule has 0 bridgehead atoms. The van der Waals surface area contributed by atoms with Crippen LogP contribution in [-0.2, 0) is 9.59 Å². The molecule has 0 radical (unpaired) electrons. The number of hydrogen-bond donors (Lipinski definition) is 0. The van der Waals surface area contributed by atoms with Crippen LogP contribution in [0, 0.1) is 0 Å². The fourth-order valence-electron chi connectivity index (χ4n) is 2.66. The van der Waals surface area contributed by atoms with E-state index in [9.17, 15) is 9.59 Å². The largest absolute Gasteiger partial charge is 0.479 e. The number of benzene rings is 1. The van der Waals surface area contributed by atoms with Crippen molar-refractivity contribution in [3.05, 3.63) is 36.4 Å². The summed E-state index contributed by atoms with van der Waals surface area (Å²) in [5.41, 5.74) is 1.67. The van der Waals surface area contributed by atoms with E-state index >= 15 is 0 Å². The molecule has 2 amide bonds. The summed E-state index contributed by atoms with van der Waals surface area (Å²) in [6, 6.07) is 7.41. The summed E-state index contributed by atoms with van der Waals surface area (Å²) < 4.78 is 5.60. The average molecular weight is 316 g/mol. The highest BCUT2D eigenvalue weighted by molar-refractivity contribution is 6.00. The second-order valence-electron chi connectivity index (χ2n) is 5.83. The first-order valence-electron chi connectivity index (χ1n) is 7.93. The number of carbonyl (C=O) groups excluding carboxylic acids is 2. The molecule has 124 valence electrons. The molecule has 1 aliphatic rings. The zero-order chi connectivity index (χ0) is 17.0. The molecule has 0 N–H and O–H groups in total. The van der Waals surface area contributed by atoms with Crippen LogP contribution in [0.25, 0.3) is 0 Å². The summed E-state index contributed by atoms with van der Waals surface area (Å²) in [5.74, 6) is 0.598. The van der Waals surface area contributed by atoms with E-state index < -0.39 is 6.10 Å². The lowest BCUT2D eigenvalue weighted by Crippen LogP contribution is -2.46. The van der Waals surface area contributed by atoms with Crippen molar-refractivity contribution in [2.45, 2.75) is 33.3 Å². The molecule has 0 aliphatic carbocycles. The van der Waals surface area contributed by atoms with Crippen molar-refractivity contribution in [2.24, 2.45) is 0 Å². The van der Waals surface area contributed by atoms with Gasteiger partial charge in [-0.15, -0.1) is 0 Å². The Balaban J connectivity index is 2.08. The topological polar surface area (TPSA) is 49.9 Å². The maximum absolute atomic E-state index is 12.4. The van der Waals surface area contributed by atoms with Gasteiger partial charge in [0.2, 0.25) is 5.91 Å². The Kier molecular flexibility index (Phi) is 5.42. The van der Waals surface area contributed by atoms with E-state index in [-0.39, 0.29) is 18.2 Å². The summed E-state index contributed by atoms with van der Waals surface area (Å²) in [6.07, 6.45) is -0.244. The first-order valence-corrected chi connectivity index (χ1v) is 7.93. The molecule has 1 aromatic rings. The van der Waals surface area contributed by atoms with Gasteiger partial charge in [-0.1, -0.05) is 24.3 Å². The highest BCUT2D eigenvalue weighted by Crippen LogP contribution is 2.33. The van der Waals surface area contributed by atoms with Gasteiger partial charge >= 0.3 is 0 Å². The standard InChI is InChI=1S/C18H24N2O3/c1-5-19(12-13(2)3)17(21)10-11-20-15-8-6-7-9-16(15)23-14(4)18(20)22/h6-9,14H,2,5,10-12H2,1,3-4H3. The van der Waals surface area contributed by atoms with E-state index in [1.165, 1.54) is 0 Å². The molecular weight excluding hydrogens is 292 g/mol. The van der Waals surface area contributed by atoms with Gasteiger partial charge in [0.1, 0.15) is 5.75 Å². The Morgan fingerprint density at radius 1 is 1.39 bits per heavy atom. The minimum atomic E-state index is -0.530.